The lowest BCUT2D eigenvalue weighted by atomic mass is 9.93. The van der Waals surface area contributed by atoms with Crippen molar-refractivity contribution in [2.24, 2.45) is 5.92 Å². The van der Waals surface area contributed by atoms with Crippen molar-refractivity contribution in [2.45, 2.75) is 12.5 Å². The minimum absolute atomic E-state index is 0.0491. The third-order valence-electron chi connectivity index (χ3n) is 3.59. The highest BCUT2D eigenvalue weighted by molar-refractivity contribution is 6.42. The van der Waals surface area contributed by atoms with Gasteiger partial charge in [-0.25, -0.2) is 0 Å². The zero-order valence-corrected chi connectivity index (χ0v) is 12.9. The molecule has 1 aromatic rings. The summed E-state index contributed by atoms with van der Waals surface area (Å²) < 4.78 is 4.99. The molecule has 1 N–H and O–H groups in total. The van der Waals surface area contributed by atoms with Gasteiger partial charge in [-0.3, -0.25) is 9.59 Å². The van der Waals surface area contributed by atoms with Crippen LogP contribution in [-0.4, -0.2) is 42.1 Å². The SMILES string of the molecule is COCCN1C(=O)CC(C(=O)O)C1c1cccc(Cl)c1Cl. The van der Waals surface area contributed by atoms with E-state index >= 15 is 0 Å². The zero-order valence-electron chi connectivity index (χ0n) is 11.4. The van der Waals surface area contributed by atoms with E-state index < -0.39 is 17.9 Å². The fourth-order valence-corrected chi connectivity index (χ4v) is 3.02. The molecular formula is C14H15Cl2NO4. The van der Waals surface area contributed by atoms with E-state index in [1.165, 1.54) is 12.0 Å². The maximum atomic E-state index is 12.1. The molecule has 0 aromatic heterocycles. The van der Waals surface area contributed by atoms with Crippen molar-refractivity contribution in [2.75, 3.05) is 20.3 Å². The van der Waals surface area contributed by atoms with Crippen LogP contribution in [0.25, 0.3) is 0 Å². The average molecular weight is 332 g/mol. The fraction of sp³-hybridized carbons (Fsp3) is 0.429. The number of ether oxygens (including phenoxy) is 1. The number of benzene rings is 1. The normalized spacial score (nSPS) is 21.9. The van der Waals surface area contributed by atoms with E-state index in [-0.39, 0.29) is 17.4 Å². The Hall–Kier alpha value is -1.30. The Kier molecular flexibility index (Phi) is 5.08. The molecule has 1 saturated heterocycles. The molecule has 0 bridgehead atoms. The smallest absolute Gasteiger partial charge is 0.309 e. The van der Waals surface area contributed by atoms with Crippen LogP contribution in [0.2, 0.25) is 10.0 Å². The second-order valence-electron chi connectivity index (χ2n) is 4.82. The predicted molar refractivity (Wildman–Crippen MR) is 78.5 cm³/mol. The van der Waals surface area contributed by atoms with E-state index in [2.05, 4.69) is 0 Å². The minimum Gasteiger partial charge on any atom is -0.481 e. The van der Waals surface area contributed by atoms with Gasteiger partial charge in [-0.05, 0) is 11.6 Å². The number of carbonyl (C=O) groups is 2. The van der Waals surface area contributed by atoms with Crippen LogP contribution in [0.3, 0.4) is 0 Å². The second-order valence-corrected chi connectivity index (χ2v) is 5.60. The molecule has 0 aliphatic carbocycles. The first-order valence-corrected chi connectivity index (χ1v) is 7.18. The highest BCUT2D eigenvalue weighted by Crippen LogP contribution is 2.42. The summed E-state index contributed by atoms with van der Waals surface area (Å²) >= 11 is 12.2. The summed E-state index contributed by atoms with van der Waals surface area (Å²) in [7, 11) is 1.52. The summed E-state index contributed by atoms with van der Waals surface area (Å²) in [5.74, 6) is -2.09. The number of carbonyl (C=O) groups excluding carboxylic acids is 1. The van der Waals surface area contributed by atoms with Crippen LogP contribution in [0.5, 0.6) is 0 Å². The lowest BCUT2D eigenvalue weighted by Gasteiger charge is -2.28. The summed E-state index contributed by atoms with van der Waals surface area (Å²) in [5, 5.41) is 10.0. The van der Waals surface area contributed by atoms with E-state index in [9.17, 15) is 14.7 Å². The number of hydrogen-bond donors (Lipinski definition) is 1. The van der Waals surface area contributed by atoms with Crippen molar-refractivity contribution in [1.82, 2.24) is 4.90 Å². The van der Waals surface area contributed by atoms with Gasteiger partial charge in [0.05, 0.1) is 28.6 Å². The number of aliphatic carboxylic acids is 1. The van der Waals surface area contributed by atoms with Gasteiger partial charge in [0.15, 0.2) is 0 Å². The van der Waals surface area contributed by atoms with E-state index in [0.717, 1.165) is 0 Å². The van der Waals surface area contributed by atoms with Crippen molar-refractivity contribution in [3.05, 3.63) is 33.8 Å². The molecule has 114 valence electrons. The number of likely N-dealkylation sites (tertiary alicyclic amines) is 1. The van der Waals surface area contributed by atoms with Crippen LogP contribution in [-0.2, 0) is 14.3 Å². The molecular weight excluding hydrogens is 317 g/mol. The number of carboxylic acids is 1. The molecule has 5 nitrogen and oxygen atoms in total. The Morgan fingerprint density at radius 2 is 2.19 bits per heavy atom. The fourth-order valence-electron chi connectivity index (χ4n) is 2.60. The van der Waals surface area contributed by atoms with Gasteiger partial charge in [0.25, 0.3) is 0 Å². The van der Waals surface area contributed by atoms with Crippen LogP contribution >= 0.6 is 23.2 Å². The average Bonchev–Trinajstić information content (AvgIpc) is 2.77. The number of halogens is 2. The number of hydrogen-bond acceptors (Lipinski definition) is 3. The van der Waals surface area contributed by atoms with Crippen molar-refractivity contribution in [1.29, 1.82) is 0 Å². The molecule has 1 fully saturated rings. The topological polar surface area (TPSA) is 66.8 Å². The van der Waals surface area contributed by atoms with E-state index in [4.69, 9.17) is 27.9 Å². The molecule has 2 atom stereocenters. The lowest BCUT2D eigenvalue weighted by Crippen LogP contribution is -2.33. The third kappa shape index (κ3) is 3.15. The van der Waals surface area contributed by atoms with Crippen molar-refractivity contribution >= 4 is 35.1 Å². The summed E-state index contributed by atoms with van der Waals surface area (Å²) in [6.45, 7) is 0.638. The van der Waals surface area contributed by atoms with Crippen LogP contribution < -0.4 is 0 Å². The zero-order chi connectivity index (χ0) is 15.6. The van der Waals surface area contributed by atoms with Gasteiger partial charge in [-0.15, -0.1) is 0 Å². The first kappa shape index (κ1) is 16.1. The second kappa shape index (κ2) is 6.64. The predicted octanol–water partition coefficient (Wildman–Crippen LogP) is 2.61. The van der Waals surface area contributed by atoms with E-state index in [0.29, 0.717) is 23.7 Å². The van der Waals surface area contributed by atoms with Gasteiger partial charge in [0, 0.05) is 20.1 Å². The van der Waals surface area contributed by atoms with Gasteiger partial charge in [-0.2, -0.15) is 0 Å². The van der Waals surface area contributed by atoms with E-state index in [1.54, 1.807) is 18.2 Å². The standard InChI is InChI=1S/C14H15Cl2NO4/c1-21-6-5-17-11(18)7-9(14(19)20)13(17)8-3-2-4-10(15)12(8)16/h2-4,9,13H,5-7H2,1H3,(H,19,20). The van der Waals surface area contributed by atoms with Crippen molar-refractivity contribution in [3.8, 4) is 0 Å². The van der Waals surface area contributed by atoms with Crippen LogP contribution in [0.4, 0.5) is 0 Å². The van der Waals surface area contributed by atoms with Gasteiger partial charge in [-0.1, -0.05) is 35.3 Å². The maximum absolute atomic E-state index is 12.1. The Morgan fingerprint density at radius 3 is 2.81 bits per heavy atom. The lowest BCUT2D eigenvalue weighted by molar-refractivity contribution is -0.142. The van der Waals surface area contributed by atoms with Gasteiger partial charge < -0.3 is 14.7 Å². The molecule has 1 aliphatic heterocycles. The number of methoxy groups -OCH3 is 1. The Morgan fingerprint density at radius 1 is 1.48 bits per heavy atom. The molecule has 1 heterocycles. The molecule has 2 rings (SSSR count). The van der Waals surface area contributed by atoms with Gasteiger partial charge in [0.2, 0.25) is 5.91 Å². The first-order chi connectivity index (χ1) is 9.97. The highest BCUT2D eigenvalue weighted by Gasteiger charge is 2.45. The largest absolute Gasteiger partial charge is 0.481 e. The first-order valence-electron chi connectivity index (χ1n) is 6.42. The summed E-state index contributed by atoms with van der Waals surface area (Å²) in [6, 6.07) is 4.39. The molecule has 21 heavy (non-hydrogen) atoms. The van der Waals surface area contributed by atoms with E-state index in [1.807, 2.05) is 0 Å². The van der Waals surface area contributed by atoms with Crippen LogP contribution in [0.15, 0.2) is 18.2 Å². The van der Waals surface area contributed by atoms with Crippen molar-refractivity contribution in [3.63, 3.8) is 0 Å². The molecule has 0 spiro atoms. The maximum Gasteiger partial charge on any atom is 0.309 e. The number of amides is 1. The van der Waals surface area contributed by atoms with Gasteiger partial charge >= 0.3 is 5.97 Å². The molecule has 1 aliphatic rings. The Balaban J connectivity index is 2.44. The number of rotatable bonds is 5. The number of nitrogens with zero attached hydrogens (tertiary/aromatic N) is 1. The summed E-state index contributed by atoms with van der Waals surface area (Å²) in [6.07, 6.45) is -0.0491. The number of carboxylic acid groups (broad SMARTS) is 1. The van der Waals surface area contributed by atoms with Crippen LogP contribution in [0.1, 0.15) is 18.0 Å². The molecule has 0 saturated carbocycles. The summed E-state index contributed by atoms with van der Waals surface area (Å²) in [5.41, 5.74) is 0.554. The third-order valence-corrected chi connectivity index (χ3v) is 4.42. The molecule has 2 unspecified atom stereocenters. The summed E-state index contributed by atoms with van der Waals surface area (Å²) in [4.78, 5) is 25.1. The van der Waals surface area contributed by atoms with Gasteiger partial charge in [0.1, 0.15) is 0 Å². The Bertz CT molecular complexity index is 564. The van der Waals surface area contributed by atoms with Crippen LogP contribution in [0, 0.1) is 5.92 Å². The van der Waals surface area contributed by atoms with Crippen molar-refractivity contribution < 1.29 is 19.4 Å². The quantitative estimate of drug-likeness (QED) is 0.900. The monoisotopic (exact) mass is 331 g/mol. The molecule has 0 radical (unpaired) electrons. The molecule has 1 amide bonds. The highest BCUT2D eigenvalue weighted by atomic mass is 35.5. The minimum atomic E-state index is -1.02. The molecule has 7 heteroatoms. The Labute approximate surface area is 132 Å². The molecule has 1 aromatic carbocycles.